The zero-order valence-corrected chi connectivity index (χ0v) is 9.52. The summed E-state index contributed by atoms with van der Waals surface area (Å²) in [4.78, 5) is 0. The molecule has 1 heteroatoms. The van der Waals surface area contributed by atoms with Gasteiger partial charge in [-0.2, -0.15) is 0 Å². The molecule has 0 aliphatic carbocycles. The van der Waals surface area contributed by atoms with E-state index in [1.807, 2.05) is 0 Å². The van der Waals surface area contributed by atoms with Crippen molar-refractivity contribution in [2.75, 3.05) is 0 Å². The molecule has 1 fully saturated rings. The summed E-state index contributed by atoms with van der Waals surface area (Å²) < 4.78 is 0. The van der Waals surface area contributed by atoms with Gasteiger partial charge >= 0.3 is 0 Å². The maximum atomic E-state index is 2.48. The Bertz CT molecular complexity index is 114. The lowest BCUT2D eigenvalue weighted by molar-refractivity contribution is 0.685. The molecule has 0 aromatic heterocycles. The van der Waals surface area contributed by atoms with E-state index in [-0.39, 0.29) is 0 Å². The molecule has 0 bridgehead atoms. The van der Waals surface area contributed by atoms with Crippen molar-refractivity contribution in [1.29, 1.82) is 0 Å². The van der Waals surface area contributed by atoms with Crippen LogP contribution in [0.4, 0.5) is 0 Å². The van der Waals surface area contributed by atoms with Crippen molar-refractivity contribution in [2.24, 2.45) is 0 Å². The van der Waals surface area contributed by atoms with Crippen molar-refractivity contribution in [1.82, 2.24) is 0 Å². The molecule has 1 atom stereocenters. The zero-order valence-electron chi connectivity index (χ0n) is 9.52. The molecule has 1 heterocycles. The van der Waals surface area contributed by atoms with Gasteiger partial charge in [0.2, 0.25) is 0 Å². The minimum absolute atomic E-state index is 0.998. The summed E-state index contributed by atoms with van der Waals surface area (Å²) in [5, 5.41) is 0. The molecule has 0 radical (unpaired) electrons. The Morgan fingerprint density at radius 2 is 1.69 bits per heavy atom. The minimum Gasteiger partial charge on any atom is -0.0739 e. The van der Waals surface area contributed by atoms with Crippen molar-refractivity contribution >= 4 is 6.71 Å². The highest BCUT2D eigenvalue weighted by Crippen LogP contribution is 2.29. The van der Waals surface area contributed by atoms with E-state index < -0.39 is 0 Å². The lowest BCUT2D eigenvalue weighted by Crippen LogP contribution is -2.17. The average molecular weight is 180 g/mol. The van der Waals surface area contributed by atoms with Crippen LogP contribution in [0.25, 0.3) is 0 Å². The lowest BCUT2D eigenvalue weighted by atomic mass is 9.36. The van der Waals surface area contributed by atoms with Gasteiger partial charge in [-0.25, -0.2) is 0 Å². The summed E-state index contributed by atoms with van der Waals surface area (Å²) in [6.45, 7) is 5.85. The molecule has 0 nitrogen and oxygen atoms in total. The quantitative estimate of drug-likeness (QED) is 0.553. The molecule has 1 aliphatic heterocycles. The molecule has 0 aromatic rings. The summed E-state index contributed by atoms with van der Waals surface area (Å²) in [6.07, 6.45) is 13.3. The van der Waals surface area contributed by atoms with Gasteiger partial charge in [0.1, 0.15) is 6.71 Å². The molecule has 1 aliphatic rings. The first-order valence-corrected chi connectivity index (χ1v) is 6.34. The Balaban J connectivity index is 2.22. The van der Waals surface area contributed by atoms with Gasteiger partial charge in [-0.15, -0.1) is 0 Å². The van der Waals surface area contributed by atoms with Crippen LogP contribution in [0.1, 0.15) is 58.8 Å². The molecule has 0 saturated carbocycles. The first-order chi connectivity index (χ1) is 6.34. The third-order valence-electron chi connectivity index (χ3n) is 3.72. The highest BCUT2D eigenvalue weighted by Gasteiger charge is 2.21. The van der Waals surface area contributed by atoms with Crippen molar-refractivity contribution in [2.45, 2.75) is 77.3 Å². The summed E-state index contributed by atoms with van der Waals surface area (Å²) in [5.74, 6) is 0.998. The topological polar surface area (TPSA) is 0 Å². The monoisotopic (exact) mass is 180 g/mol. The van der Waals surface area contributed by atoms with E-state index >= 15 is 0 Å². The Hall–Kier alpha value is 0.0649. The van der Waals surface area contributed by atoms with Crippen LogP contribution in [0.3, 0.4) is 0 Å². The summed E-state index contributed by atoms with van der Waals surface area (Å²) in [5.41, 5.74) is 0. The van der Waals surface area contributed by atoms with Crippen LogP contribution in [-0.4, -0.2) is 6.71 Å². The van der Waals surface area contributed by atoms with Crippen LogP contribution < -0.4 is 0 Å². The second kappa shape index (κ2) is 6.51. The van der Waals surface area contributed by atoms with Gasteiger partial charge in [0.25, 0.3) is 0 Å². The molecular formula is C12H25B. The van der Waals surface area contributed by atoms with Crippen LogP contribution in [0.2, 0.25) is 18.5 Å². The molecule has 1 rings (SSSR count). The first-order valence-electron chi connectivity index (χ1n) is 6.34. The number of unbranched alkanes of at least 4 members (excludes halogenated alkanes) is 1. The standard InChI is InChI=1S/C12H25B/c1-3-4-9-12(2)13-10-7-5-6-8-11-13/h12H,3-11H2,1-2H3. The zero-order chi connectivity index (χ0) is 9.52. The van der Waals surface area contributed by atoms with Crippen molar-refractivity contribution < 1.29 is 0 Å². The minimum atomic E-state index is 0.998. The van der Waals surface area contributed by atoms with E-state index in [0.29, 0.717) is 0 Å². The number of hydrogen-bond donors (Lipinski definition) is 0. The molecule has 0 amide bonds. The number of hydrogen-bond acceptors (Lipinski definition) is 0. The second-order valence-corrected chi connectivity index (χ2v) is 4.87. The number of rotatable bonds is 4. The highest BCUT2D eigenvalue weighted by molar-refractivity contribution is 6.60. The molecule has 76 valence electrons. The third-order valence-corrected chi connectivity index (χ3v) is 3.72. The van der Waals surface area contributed by atoms with Gasteiger partial charge in [-0.05, 0) is 0 Å². The molecule has 13 heavy (non-hydrogen) atoms. The normalized spacial score (nSPS) is 21.2. The van der Waals surface area contributed by atoms with Crippen molar-refractivity contribution in [3.8, 4) is 0 Å². The summed E-state index contributed by atoms with van der Waals surface area (Å²) in [6, 6.07) is 0. The van der Waals surface area contributed by atoms with Gasteiger partial charge < -0.3 is 0 Å². The maximum Gasteiger partial charge on any atom is 0.142 e. The average Bonchev–Trinajstić information content (AvgIpc) is 2.42. The highest BCUT2D eigenvalue weighted by atomic mass is 14.0. The van der Waals surface area contributed by atoms with E-state index in [2.05, 4.69) is 13.8 Å². The van der Waals surface area contributed by atoms with E-state index in [4.69, 9.17) is 0 Å². The predicted octanol–water partition coefficient (Wildman–Crippen LogP) is 4.64. The fourth-order valence-electron chi connectivity index (χ4n) is 2.64. The smallest absolute Gasteiger partial charge is 0.0739 e. The predicted molar refractivity (Wildman–Crippen MR) is 62.8 cm³/mol. The Morgan fingerprint density at radius 3 is 2.23 bits per heavy atom. The molecule has 1 unspecified atom stereocenters. The van der Waals surface area contributed by atoms with E-state index in [1.54, 1.807) is 0 Å². The Morgan fingerprint density at radius 1 is 1.08 bits per heavy atom. The lowest BCUT2D eigenvalue weighted by Gasteiger charge is -2.18. The molecule has 0 spiro atoms. The van der Waals surface area contributed by atoms with E-state index in [1.165, 1.54) is 57.6 Å². The van der Waals surface area contributed by atoms with Crippen molar-refractivity contribution in [3.05, 3.63) is 0 Å². The van der Waals surface area contributed by atoms with Crippen LogP contribution >= 0.6 is 0 Å². The third kappa shape index (κ3) is 4.20. The summed E-state index contributed by atoms with van der Waals surface area (Å²) in [7, 11) is 0. The summed E-state index contributed by atoms with van der Waals surface area (Å²) >= 11 is 0. The molecular weight excluding hydrogens is 155 g/mol. The van der Waals surface area contributed by atoms with Crippen LogP contribution in [0.5, 0.6) is 0 Å². The second-order valence-electron chi connectivity index (χ2n) is 4.87. The van der Waals surface area contributed by atoms with Gasteiger partial charge in [0, 0.05) is 0 Å². The Kier molecular flexibility index (Phi) is 5.58. The van der Waals surface area contributed by atoms with Gasteiger partial charge in [-0.3, -0.25) is 0 Å². The van der Waals surface area contributed by atoms with E-state index in [0.717, 1.165) is 12.5 Å². The van der Waals surface area contributed by atoms with Crippen LogP contribution in [-0.2, 0) is 0 Å². The molecule has 0 N–H and O–H groups in total. The van der Waals surface area contributed by atoms with Crippen LogP contribution in [0, 0.1) is 0 Å². The fraction of sp³-hybridized carbons (Fsp3) is 1.00. The Labute approximate surface area is 84.6 Å². The molecule has 1 saturated heterocycles. The van der Waals surface area contributed by atoms with E-state index in [9.17, 15) is 0 Å². The largest absolute Gasteiger partial charge is 0.142 e. The van der Waals surface area contributed by atoms with Gasteiger partial charge in [-0.1, -0.05) is 77.3 Å². The van der Waals surface area contributed by atoms with Gasteiger partial charge in [0.15, 0.2) is 0 Å². The van der Waals surface area contributed by atoms with Crippen LogP contribution in [0.15, 0.2) is 0 Å². The fourth-order valence-corrected chi connectivity index (χ4v) is 2.64. The molecule has 0 aromatic carbocycles. The van der Waals surface area contributed by atoms with Crippen molar-refractivity contribution in [3.63, 3.8) is 0 Å². The first kappa shape index (κ1) is 11.1. The SMILES string of the molecule is CCCCC(C)B1CCCCCC1. The van der Waals surface area contributed by atoms with Gasteiger partial charge in [0.05, 0.1) is 0 Å². The maximum absolute atomic E-state index is 2.48.